The summed E-state index contributed by atoms with van der Waals surface area (Å²) in [5.41, 5.74) is 1.92. The van der Waals surface area contributed by atoms with Crippen LogP contribution in [0.25, 0.3) is 11.3 Å². The fourth-order valence-corrected chi connectivity index (χ4v) is 3.81. The zero-order valence-corrected chi connectivity index (χ0v) is 15.7. The molecule has 2 aliphatic rings. The highest BCUT2D eigenvalue weighted by molar-refractivity contribution is 6.32. The Kier molecular flexibility index (Phi) is 4.48. The summed E-state index contributed by atoms with van der Waals surface area (Å²) in [5.74, 6) is -0.580. The molecule has 1 aromatic carbocycles. The van der Waals surface area contributed by atoms with Crippen molar-refractivity contribution in [3.63, 3.8) is 0 Å². The third kappa shape index (κ3) is 3.35. The first-order chi connectivity index (χ1) is 12.9. The largest absolute Gasteiger partial charge is 0.491 e. The van der Waals surface area contributed by atoms with Crippen molar-refractivity contribution in [1.82, 2.24) is 4.57 Å². The second-order valence-electron chi connectivity index (χ2n) is 7.35. The topological polar surface area (TPSA) is 77.8 Å². The van der Waals surface area contributed by atoms with Gasteiger partial charge in [-0.15, -0.1) is 0 Å². The van der Waals surface area contributed by atoms with E-state index in [-0.39, 0.29) is 11.0 Å². The van der Waals surface area contributed by atoms with Crippen molar-refractivity contribution in [1.29, 1.82) is 0 Å². The van der Waals surface area contributed by atoms with Gasteiger partial charge in [-0.2, -0.15) is 0 Å². The standard InChI is InChI=1S/C20H20ClNO5/c1-26-10-20(3-4-20)11-27-18-6-12-2-5-22-9-14(19(24)25)17(23)8-16(22)13(12)7-15(18)21/h6-9H,2-5,10-11H2,1H3,(H,24,25). The van der Waals surface area contributed by atoms with Gasteiger partial charge in [0.25, 0.3) is 0 Å². The molecule has 0 amide bonds. The Hall–Kier alpha value is -2.31. The maximum absolute atomic E-state index is 12.1. The van der Waals surface area contributed by atoms with E-state index in [1.807, 2.05) is 6.07 Å². The third-order valence-electron chi connectivity index (χ3n) is 5.36. The van der Waals surface area contributed by atoms with Crippen LogP contribution in [0, 0.1) is 5.41 Å². The molecule has 0 saturated heterocycles. The van der Waals surface area contributed by atoms with E-state index in [9.17, 15) is 9.59 Å². The van der Waals surface area contributed by atoms with Crippen molar-refractivity contribution in [3.05, 3.63) is 50.8 Å². The van der Waals surface area contributed by atoms with Gasteiger partial charge in [-0.25, -0.2) is 4.79 Å². The minimum absolute atomic E-state index is 0.0983. The van der Waals surface area contributed by atoms with Gasteiger partial charge in [0, 0.05) is 36.9 Å². The van der Waals surface area contributed by atoms with Crippen LogP contribution in [0.4, 0.5) is 0 Å². The first-order valence-corrected chi connectivity index (χ1v) is 9.23. The molecule has 1 aliphatic carbocycles. The van der Waals surface area contributed by atoms with Crippen LogP contribution >= 0.6 is 11.6 Å². The average molecular weight is 390 g/mol. The lowest BCUT2D eigenvalue weighted by molar-refractivity contribution is 0.0694. The molecular weight excluding hydrogens is 370 g/mol. The number of aryl methyl sites for hydroxylation is 2. The summed E-state index contributed by atoms with van der Waals surface area (Å²) in [5, 5.41) is 9.63. The highest BCUT2D eigenvalue weighted by Gasteiger charge is 2.43. The zero-order valence-electron chi connectivity index (χ0n) is 15.0. The smallest absolute Gasteiger partial charge is 0.341 e. The van der Waals surface area contributed by atoms with E-state index >= 15 is 0 Å². The summed E-state index contributed by atoms with van der Waals surface area (Å²) in [7, 11) is 1.70. The van der Waals surface area contributed by atoms with E-state index in [4.69, 9.17) is 26.2 Å². The van der Waals surface area contributed by atoms with Crippen LogP contribution in [0.5, 0.6) is 5.75 Å². The number of carbonyl (C=O) groups is 1. The Balaban J connectivity index is 1.65. The predicted molar refractivity (Wildman–Crippen MR) is 101 cm³/mol. The monoisotopic (exact) mass is 389 g/mol. The number of nitrogens with zero attached hydrogens (tertiary/aromatic N) is 1. The van der Waals surface area contributed by atoms with Gasteiger partial charge in [0.05, 0.1) is 23.9 Å². The van der Waals surface area contributed by atoms with Crippen molar-refractivity contribution in [2.24, 2.45) is 5.41 Å². The fraction of sp³-hybridized carbons (Fsp3) is 0.400. The normalized spacial score (nSPS) is 16.4. The van der Waals surface area contributed by atoms with Gasteiger partial charge < -0.3 is 19.1 Å². The van der Waals surface area contributed by atoms with Crippen LogP contribution in [-0.2, 0) is 17.7 Å². The molecule has 0 spiro atoms. The average Bonchev–Trinajstić information content (AvgIpc) is 3.39. The molecule has 1 aromatic heterocycles. The first-order valence-electron chi connectivity index (χ1n) is 8.85. The molecule has 0 bridgehead atoms. The summed E-state index contributed by atoms with van der Waals surface area (Å²) < 4.78 is 13.0. The molecule has 1 aliphatic heterocycles. The number of carboxylic acid groups (broad SMARTS) is 1. The molecule has 1 saturated carbocycles. The molecule has 0 atom stereocenters. The number of methoxy groups -OCH3 is 1. The number of rotatable bonds is 6. The number of aromatic carboxylic acids is 1. The summed E-state index contributed by atoms with van der Waals surface area (Å²) in [4.78, 5) is 23.3. The molecular formula is C20H20ClNO5. The number of aromatic nitrogens is 1. The number of ether oxygens (including phenoxy) is 2. The summed E-state index contributed by atoms with van der Waals surface area (Å²) >= 11 is 6.44. The quantitative estimate of drug-likeness (QED) is 0.820. The maximum Gasteiger partial charge on any atom is 0.341 e. The number of hydrogen-bond donors (Lipinski definition) is 1. The van der Waals surface area contributed by atoms with Gasteiger partial charge in [-0.3, -0.25) is 4.79 Å². The lowest BCUT2D eigenvalue weighted by Gasteiger charge is -2.24. The molecule has 2 aromatic rings. The first kappa shape index (κ1) is 18.1. The van der Waals surface area contributed by atoms with Crippen LogP contribution < -0.4 is 10.2 Å². The molecule has 1 N–H and O–H groups in total. The van der Waals surface area contributed by atoms with Crippen molar-refractivity contribution in [2.75, 3.05) is 20.3 Å². The van der Waals surface area contributed by atoms with Crippen molar-refractivity contribution in [3.8, 4) is 17.0 Å². The number of pyridine rings is 1. The molecule has 6 nitrogen and oxygen atoms in total. The lowest BCUT2D eigenvalue weighted by Crippen LogP contribution is -2.22. The maximum atomic E-state index is 12.1. The number of halogens is 1. The van der Waals surface area contributed by atoms with Gasteiger partial charge in [0.1, 0.15) is 11.3 Å². The van der Waals surface area contributed by atoms with Crippen LogP contribution in [0.2, 0.25) is 5.02 Å². The van der Waals surface area contributed by atoms with E-state index in [0.717, 1.165) is 24.0 Å². The van der Waals surface area contributed by atoms with Crippen molar-refractivity contribution < 1.29 is 19.4 Å². The van der Waals surface area contributed by atoms with E-state index < -0.39 is 11.4 Å². The Bertz CT molecular complexity index is 977. The van der Waals surface area contributed by atoms with Crippen molar-refractivity contribution >= 4 is 17.6 Å². The molecule has 27 heavy (non-hydrogen) atoms. The molecule has 1 fully saturated rings. The number of benzene rings is 1. The Morgan fingerprint density at radius 3 is 2.74 bits per heavy atom. The van der Waals surface area contributed by atoms with Gasteiger partial charge in [-0.05, 0) is 37.0 Å². The Labute approximate surface area is 161 Å². The fourth-order valence-electron chi connectivity index (χ4n) is 3.59. The minimum atomic E-state index is -1.21. The second-order valence-corrected chi connectivity index (χ2v) is 7.75. The SMILES string of the molecule is COCC1(COc2cc3c(cc2Cl)-c2cc(=O)c(C(=O)O)cn2CC3)CC1. The third-order valence-corrected chi connectivity index (χ3v) is 5.65. The van der Waals surface area contributed by atoms with Gasteiger partial charge >= 0.3 is 5.97 Å². The van der Waals surface area contributed by atoms with Gasteiger partial charge in [-0.1, -0.05) is 11.6 Å². The summed E-state index contributed by atoms with van der Waals surface area (Å²) in [6, 6.07) is 5.10. The Morgan fingerprint density at radius 1 is 1.30 bits per heavy atom. The van der Waals surface area contributed by atoms with Crippen molar-refractivity contribution in [2.45, 2.75) is 25.8 Å². The molecule has 2 heterocycles. The molecule has 0 unspecified atom stereocenters. The van der Waals surface area contributed by atoms with Crippen LogP contribution in [-0.4, -0.2) is 36.0 Å². The highest BCUT2D eigenvalue weighted by atomic mass is 35.5. The van der Waals surface area contributed by atoms with E-state index in [2.05, 4.69) is 0 Å². The van der Waals surface area contributed by atoms with Crippen LogP contribution in [0.15, 0.2) is 29.2 Å². The summed E-state index contributed by atoms with van der Waals surface area (Å²) in [6.45, 7) is 1.84. The van der Waals surface area contributed by atoms with Gasteiger partial charge in [0.15, 0.2) is 5.43 Å². The molecule has 0 radical (unpaired) electrons. The highest BCUT2D eigenvalue weighted by Crippen LogP contribution is 2.46. The molecule has 7 heteroatoms. The van der Waals surface area contributed by atoms with Crippen LogP contribution in [0.3, 0.4) is 0 Å². The lowest BCUT2D eigenvalue weighted by atomic mass is 9.96. The van der Waals surface area contributed by atoms with Gasteiger partial charge in [0.2, 0.25) is 0 Å². The zero-order chi connectivity index (χ0) is 19.2. The molecule has 4 rings (SSSR count). The Morgan fingerprint density at radius 2 is 2.07 bits per heavy atom. The number of carboxylic acids is 1. The second kappa shape index (κ2) is 6.69. The van der Waals surface area contributed by atoms with Crippen LogP contribution in [0.1, 0.15) is 28.8 Å². The summed E-state index contributed by atoms with van der Waals surface area (Å²) in [6.07, 6.45) is 4.29. The van der Waals surface area contributed by atoms with E-state index in [1.54, 1.807) is 17.7 Å². The van der Waals surface area contributed by atoms with E-state index in [1.165, 1.54) is 12.3 Å². The van der Waals surface area contributed by atoms with E-state index in [0.29, 0.717) is 42.6 Å². The molecule has 142 valence electrons. The minimum Gasteiger partial charge on any atom is -0.491 e. The predicted octanol–water partition coefficient (Wildman–Crippen LogP) is 3.23. The number of hydrogen-bond acceptors (Lipinski definition) is 4. The number of fused-ring (bicyclic) bond motifs is 3.